The van der Waals surface area contributed by atoms with E-state index in [1.807, 2.05) is 0 Å². The van der Waals surface area contributed by atoms with Crippen molar-refractivity contribution in [3.05, 3.63) is 0 Å². The molecule has 26 heavy (non-hydrogen) atoms. The maximum Gasteiger partial charge on any atom is 0.305 e. The summed E-state index contributed by atoms with van der Waals surface area (Å²) >= 11 is 0. The van der Waals surface area contributed by atoms with Crippen LogP contribution in [0, 0.1) is 0 Å². The normalized spacial score (nSPS) is 13.0. The lowest BCUT2D eigenvalue weighted by molar-refractivity contribution is -0.140. The Hall–Kier alpha value is -0.220. The molecule has 0 aromatic rings. The van der Waals surface area contributed by atoms with E-state index in [-0.39, 0.29) is 5.97 Å². The zero-order chi connectivity index (χ0) is 19.8. The fourth-order valence-corrected chi connectivity index (χ4v) is 4.51. The number of nitrogens with zero attached hydrogens (tertiary/aromatic N) is 1. The van der Waals surface area contributed by atoms with E-state index >= 15 is 0 Å². The summed E-state index contributed by atoms with van der Waals surface area (Å²) in [5, 5.41) is 0. The first-order valence-corrected chi connectivity index (χ1v) is 11.4. The van der Waals surface area contributed by atoms with Crippen LogP contribution in [0.25, 0.3) is 0 Å². The number of hydrogen-bond acceptors (Lipinski definition) is 5. The summed E-state index contributed by atoms with van der Waals surface area (Å²) in [7, 11) is 2.25. The number of unbranched alkanes of at least 4 members (excludes halogenated alkanes) is 8. The highest BCUT2D eigenvalue weighted by atomic mass is 31.2. The molecule has 0 fully saturated rings. The highest BCUT2D eigenvalue weighted by molar-refractivity contribution is 7.44. The number of carbonyl (C=O) groups excluding carboxylic acids is 1. The molecule has 0 rings (SSSR count). The topological polar surface area (TPSA) is 48.0 Å². The maximum atomic E-state index is 11.0. The second kappa shape index (κ2) is 16.9. The summed E-state index contributed by atoms with van der Waals surface area (Å²) in [5.41, 5.74) is 0. The van der Waals surface area contributed by atoms with Crippen molar-refractivity contribution >= 4 is 14.5 Å². The minimum absolute atomic E-state index is 0.0886. The van der Waals surface area contributed by atoms with Crippen LogP contribution in [0.5, 0.6) is 0 Å². The van der Waals surface area contributed by atoms with E-state index in [0.29, 0.717) is 18.5 Å². The molecule has 0 aromatic heterocycles. The van der Waals surface area contributed by atoms with Gasteiger partial charge >= 0.3 is 5.97 Å². The third kappa shape index (κ3) is 13.0. The van der Waals surface area contributed by atoms with Crippen LogP contribution >= 0.6 is 8.53 Å². The van der Waals surface area contributed by atoms with Gasteiger partial charge in [0, 0.05) is 25.6 Å². The minimum Gasteiger partial charge on any atom is -0.469 e. The van der Waals surface area contributed by atoms with Crippen molar-refractivity contribution in [2.45, 2.75) is 104 Å². The SMILES string of the molecule is COC(=O)CCCCCCCCCCCOP(OC)N(C(C)C)C(C)C. The van der Waals surface area contributed by atoms with Crippen LogP contribution in [0.4, 0.5) is 0 Å². The van der Waals surface area contributed by atoms with Crippen LogP contribution in [0.15, 0.2) is 0 Å². The molecule has 0 aliphatic rings. The second-order valence-corrected chi connectivity index (χ2v) is 8.89. The van der Waals surface area contributed by atoms with Gasteiger partial charge in [0.25, 0.3) is 8.53 Å². The highest BCUT2D eigenvalue weighted by Gasteiger charge is 2.25. The van der Waals surface area contributed by atoms with E-state index in [1.54, 1.807) is 7.11 Å². The first-order valence-electron chi connectivity index (χ1n) is 10.3. The second-order valence-electron chi connectivity index (χ2n) is 7.33. The van der Waals surface area contributed by atoms with Gasteiger partial charge < -0.3 is 13.8 Å². The zero-order valence-corrected chi connectivity index (χ0v) is 18.9. The van der Waals surface area contributed by atoms with Gasteiger partial charge in [-0.2, -0.15) is 0 Å². The fourth-order valence-electron chi connectivity index (χ4n) is 3.04. The van der Waals surface area contributed by atoms with Crippen LogP contribution in [0.1, 0.15) is 91.9 Å². The Balaban J connectivity index is 3.56. The highest BCUT2D eigenvalue weighted by Crippen LogP contribution is 2.45. The molecule has 1 atom stereocenters. The number of carbonyl (C=O) groups is 1. The number of hydrogen-bond donors (Lipinski definition) is 0. The monoisotopic (exact) mass is 391 g/mol. The lowest BCUT2D eigenvalue weighted by atomic mass is 10.1. The largest absolute Gasteiger partial charge is 0.469 e. The van der Waals surface area contributed by atoms with E-state index in [4.69, 9.17) is 9.05 Å². The van der Waals surface area contributed by atoms with E-state index in [2.05, 4.69) is 37.1 Å². The van der Waals surface area contributed by atoms with Crippen LogP contribution in [0.3, 0.4) is 0 Å². The summed E-state index contributed by atoms with van der Waals surface area (Å²) in [4.78, 5) is 11.0. The average Bonchev–Trinajstić information content (AvgIpc) is 2.60. The fraction of sp³-hybridized carbons (Fsp3) is 0.950. The first-order chi connectivity index (χ1) is 12.4. The molecule has 0 aliphatic heterocycles. The zero-order valence-electron chi connectivity index (χ0n) is 18.0. The average molecular weight is 392 g/mol. The third-order valence-corrected chi connectivity index (χ3v) is 6.37. The van der Waals surface area contributed by atoms with Crippen molar-refractivity contribution in [1.82, 2.24) is 4.67 Å². The molecule has 0 saturated carbocycles. The molecule has 0 heterocycles. The molecule has 6 heteroatoms. The van der Waals surface area contributed by atoms with Crippen LogP contribution in [-0.4, -0.2) is 43.5 Å². The van der Waals surface area contributed by atoms with Gasteiger partial charge in [0.2, 0.25) is 0 Å². The molecule has 156 valence electrons. The predicted molar refractivity (Wildman–Crippen MR) is 110 cm³/mol. The Morgan fingerprint density at radius 3 is 1.69 bits per heavy atom. The lowest BCUT2D eigenvalue weighted by Crippen LogP contribution is -2.33. The number of ether oxygens (including phenoxy) is 1. The van der Waals surface area contributed by atoms with Gasteiger partial charge in [-0.05, 0) is 40.5 Å². The quantitative estimate of drug-likeness (QED) is 0.171. The minimum atomic E-state index is -0.943. The van der Waals surface area contributed by atoms with E-state index in [0.717, 1.165) is 25.9 Å². The molecule has 0 amide bonds. The molecule has 0 saturated heterocycles. The van der Waals surface area contributed by atoms with Crippen molar-refractivity contribution in [2.24, 2.45) is 0 Å². The van der Waals surface area contributed by atoms with Gasteiger partial charge in [0.1, 0.15) is 0 Å². The predicted octanol–water partition coefficient (Wildman–Crippen LogP) is 6.07. The molecule has 0 spiro atoms. The molecule has 0 radical (unpaired) electrons. The Labute approximate surface area is 163 Å². The van der Waals surface area contributed by atoms with Gasteiger partial charge in [0.05, 0.1) is 13.7 Å². The third-order valence-electron chi connectivity index (χ3n) is 4.36. The molecule has 0 aromatic carbocycles. The van der Waals surface area contributed by atoms with Crippen molar-refractivity contribution in [3.63, 3.8) is 0 Å². The van der Waals surface area contributed by atoms with Crippen LogP contribution < -0.4 is 0 Å². The molecule has 0 N–H and O–H groups in total. The Bertz CT molecular complexity index is 332. The molecular formula is C20H42NO4P. The summed E-state index contributed by atoms with van der Waals surface area (Å²) < 4.78 is 18.6. The van der Waals surface area contributed by atoms with Gasteiger partial charge in [-0.3, -0.25) is 4.79 Å². The number of rotatable bonds is 17. The smallest absolute Gasteiger partial charge is 0.305 e. The van der Waals surface area contributed by atoms with Gasteiger partial charge in [-0.15, -0.1) is 0 Å². The molecule has 1 unspecified atom stereocenters. The van der Waals surface area contributed by atoms with Crippen molar-refractivity contribution in [3.8, 4) is 0 Å². The Kier molecular flexibility index (Phi) is 16.8. The lowest BCUT2D eigenvalue weighted by Gasteiger charge is -2.34. The molecule has 0 bridgehead atoms. The molecule has 0 aliphatic carbocycles. The van der Waals surface area contributed by atoms with E-state index in [1.165, 1.54) is 45.6 Å². The maximum absolute atomic E-state index is 11.0. The number of esters is 1. The number of methoxy groups -OCH3 is 1. The van der Waals surface area contributed by atoms with E-state index in [9.17, 15) is 4.79 Å². The van der Waals surface area contributed by atoms with Crippen LogP contribution in [0.2, 0.25) is 0 Å². The van der Waals surface area contributed by atoms with Crippen molar-refractivity contribution in [2.75, 3.05) is 20.8 Å². The summed E-state index contributed by atoms with van der Waals surface area (Å²) in [5.74, 6) is -0.0886. The van der Waals surface area contributed by atoms with Gasteiger partial charge in [-0.25, -0.2) is 4.67 Å². The standard InChI is InChI=1S/C20H42NO4P/c1-18(2)21(19(3)4)26(24-6)25-17-15-13-11-9-7-8-10-12-14-16-20(22)23-5/h18-19H,7-17H2,1-6H3. The summed E-state index contributed by atoms with van der Waals surface area (Å²) in [6.07, 6.45) is 11.3. The Morgan fingerprint density at radius 2 is 1.27 bits per heavy atom. The summed E-state index contributed by atoms with van der Waals surface area (Å²) in [6, 6.07) is 0.849. The van der Waals surface area contributed by atoms with Gasteiger partial charge in [0.15, 0.2) is 0 Å². The summed E-state index contributed by atoms with van der Waals surface area (Å²) in [6.45, 7) is 9.53. The van der Waals surface area contributed by atoms with E-state index < -0.39 is 8.53 Å². The first kappa shape index (κ1) is 25.8. The molecule has 5 nitrogen and oxygen atoms in total. The van der Waals surface area contributed by atoms with Crippen molar-refractivity contribution in [1.29, 1.82) is 0 Å². The van der Waals surface area contributed by atoms with Crippen molar-refractivity contribution < 1.29 is 18.6 Å². The Morgan fingerprint density at radius 1 is 0.808 bits per heavy atom. The van der Waals surface area contributed by atoms with Crippen LogP contribution in [-0.2, 0) is 18.6 Å². The van der Waals surface area contributed by atoms with Gasteiger partial charge in [-0.1, -0.05) is 44.9 Å². The molecular weight excluding hydrogens is 349 g/mol.